The summed E-state index contributed by atoms with van der Waals surface area (Å²) >= 11 is 1.31. The molecule has 112 valence electrons. The summed E-state index contributed by atoms with van der Waals surface area (Å²) in [7, 11) is -1.44. The van der Waals surface area contributed by atoms with E-state index < -0.39 is 15.1 Å². The van der Waals surface area contributed by atoms with Crippen LogP contribution < -0.4 is 5.32 Å². The van der Waals surface area contributed by atoms with Crippen LogP contribution in [-0.4, -0.2) is 20.7 Å². The molecule has 1 N–H and O–H groups in total. The van der Waals surface area contributed by atoms with Crippen molar-refractivity contribution in [1.82, 2.24) is 5.32 Å². The van der Waals surface area contributed by atoms with Crippen molar-refractivity contribution in [1.29, 1.82) is 0 Å². The van der Waals surface area contributed by atoms with E-state index in [4.69, 9.17) is 0 Å². The average molecular weight is 321 g/mol. The predicted molar refractivity (Wildman–Crippen MR) is 86.5 cm³/mol. The summed E-state index contributed by atoms with van der Waals surface area (Å²) in [5.74, 6) is 0. The van der Waals surface area contributed by atoms with Crippen LogP contribution >= 0.6 is 11.3 Å². The third-order valence-corrected chi connectivity index (χ3v) is 7.83. The Balaban J connectivity index is 2.07. The van der Waals surface area contributed by atoms with E-state index in [-0.39, 0.29) is 6.04 Å². The minimum atomic E-state index is -3.29. The van der Waals surface area contributed by atoms with Crippen molar-refractivity contribution in [2.45, 2.75) is 34.8 Å². The lowest BCUT2D eigenvalue weighted by Gasteiger charge is -2.25. The molecule has 0 saturated heterocycles. The van der Waals surface area contributed by atoms with Crippen molar-refractivity contribution in [3.05, 3.63) is 52.9 Å². The highest BCUT2D eigenvalue weighted by Gasteiger charge is 2.37. The number of hydrogen-bond donors (Lipinski definition) is 1. The Bertz CT molecular complexity index is 708. The maximum atomic E-state index is 13.0. The molecule has 1 aromatic heterocycles. The molecule has 1 aliphatic carbocycles. The van der Waals surface area contributed by atoms with Crippen LogP contribution in [0.3, 0.4) is 0 Å². The van der Waals surface area contributed by atoms with Gasteiger partial charge in [-0.15, -0.1) is 11.3 Å². The lowest BCUT2D eigenvalue weighted by molar-refractivity contribution is 0.502. The molecule has 0 amide bonds. The molecule has 0 saturated carbocycles. The first kappa shape index (κ1) is 14.8. The summed E-state index contributed by atoms with van der Waals surface area (Å²) in [6, 6.07) is 11.6. The number of fused-ring (bicyclic) bond motifs is 1. The lowest BCUT2D eigenvalue weighted by atomic mass is 9.99. The third kappa shape index (κ3) is 2.65. The van der Waals surface area contributed by atoms with Gasteiger partial charge in [-0.3, -0.25) is 0 Å². The second-order valence-electron chi connectivity index (χ2n) is 5.37. The second-order valence-corrected chi connectivity index (χ2v) is 8.71. The van der Waals surface area contributed by atoms with Crippen molar-refractivity contribution < 1.29 is 8.42 Å². The minimum absolute atomic E-state index is 0.143. The molecule has 3 rings (SSSR count). The summed E-state index contributed by atoms with van der Waals surface area (Å²) in [6.07, 6.45) is 2.55. The van der Waals surface area contributed by atoms with Crippen LogP contribution in [0.15, 0.2) is 46.0 Å². The summed E-state index contributed by atoms with van der Waals surface area (Å²) < 4.78 is 26.4. The number of thiophene rings is 1. The zero-order valence-corrected chi connectivity index (χ0v) is 13.6. The van der Waals surface area contributed by atoms with Gasteiger partial charge in [0.1, 0.15) is 4.21 Å². The number of sulfone groups is 1. The SMILES string of the molecule is CNC1c2ccccc2CCCC1S(=O)(=O)c1cccs1. The molecule has 2 unspecified atom stereocenters. The normalized spacial score (nSPS) is 22.5. The van der Waals surface area contributed by atoms with Gasteiger partial charge in [0, 0.05) is 6.04 Å². The molecule has 0 spiro atoms. The number of rotatable bonds is 3. The molecule has 2 aromatic rings. The van der Waals surface area contributed by atoms with Crippen LogP contribution in [-0.2, 0) is 16.3 Å². The quantitative estimate of drug-likeness (QED) is 0.883. The maximum absolute atomic E-state index is 13.0. The van der Waals surface area contributed by atoms with Crippen LogP contribution in [0, 0.1) is 0 Å². The van der Waals surface area contributed by atoms with E-state index in [0.29, 0.717) is 10.6 Å². The molecular formula is C16H19NO2S2. The van der Waals surface area contributed by atoms with Crippen LogP contribution in [0.1, 0.15) is 30.0 Å². The van der Waals surface area contributed by atoms with Crippen molar-refractivity contribution in [2.75, 3.05) is 7.05 Å². The molecule has 1 aromatic carbocycles. The summed E-state index contributed by atoms with van der Waals surface area (Å²) in [5, 5.41) is 4.67. The van der Waals surface area contributed by atoms with Gasteiger partial charge in [-0.1, -0.05) is 30.3 Å². The highest BCUT2D eigenvalue weighted by atomic mass is 32.2. The van der Waals surface area contributed by atoms with Crippen molar-refractivity contribution in [3.8, 4) is 0 Å². The van der Waals surface area contributed by atoms with E-state index in [1.807, 2.05) is 24.6 Å². The van der Waals surface area contributed by atoms with Gasteiger partial charge >= 0.3 is 0 Å². The average Bonchev–Trinajstić information content (AvgIpc) is 2.96. The van der Waals surface area contributed by atoms with E-state index in [2.05, 4.69) is 17.4 Å². The third-order valence-electron chi connectivity index (χ3n) is 4.18. The molecule has 1 aliphatic rings. The number of nitrogens with one attached hydrogen (secondary N) is 1. The Hall–Kier alpha value is -1.17. The summed E-state index contributed by atoms with van der Waals surface area (Å²) in [6.45, 7) is 0. The van der Waals surface area contributed by atoms with Gasteiger partial charge in [0.15, 0.2) is 9.84 Å². The van der Waals surface area contributed by atoms with Crippen LogP contribution in [0.5, 0.6) is 0 Å². The molecule has 0 aliphatic heterocycles. The fourth-order valence-corrected chi connectivity index (χ4v) is 6.38. The minimum Gasteiger partial charge on any atom is -0.312 e. The molecule has 1 heterocycles. The molecule has 0 radical (unpaired) electrons. The van der Waals surface area contributed by atoms with E-state index in [0.717, 1.165) is 18.4 Å². The van der Waals surface area contributed by atoms with Gasteiger partial charge in [-0.25, -0.2) is 8.42 Å². The molecule has 3 nitrogen and oxygen atoms in total. The van der Waals surface area contributed by atoms with Gasteiger partial charge in [-0.2, -0.15) is 0 Å². The Morgan fingerprint density at radius 3 is 2.71 bits per heavy atom. The molecule has 0 bridgehead atoms. The van der Waals surface area contributed by atoms with Gasteiger partial charge < -0.3 is 5.32 Å². The van der Waals surface area contributed by atoms with Crippen molar-refractivity contribution in [2.24, 2.45) is 0 Å². The topological polar surface area (TPSA) is 46.2 Å². The number of aryl methyl sites for hydroxylation is 1. The highest BCUT2D eigenvalue weighted by Crippen LogP contribution is 2.36. The van der Waals surface area contributed by atoms with E-state index in [1.54, 1.807) is 12.1 Å². The zero-order chi connectivity index (χ0) is 14.9. The Morgan fingerprint density at radius 1 is 1.19 bits per heavy atom. The van der Waals surface area contributed by atoms with Crippen molar-refractivity contribution in [3.63, 3.8) is 0 Å². The number of benzene rings is 1. The zero-order valence-electron chi connectivity index (χ0n) is 12.0. The Morgan fingerprint density at radius 2 is 2.00 bits per heavy atom. The van der Waals surface area contributed by atoms with Crippen LogP contribution in [0.2, 0.25) is 0 Å². The van der Waals surface area contributed by atoms with E-state index in [9.17, 15) is 8.42 Å². The second kappa shape index (κ2) is 5.91. The van der Waals surface area contributed by atoms with Crippen LogP contribution in [0.25, 0.3) is 0 Å². The first-order valence-electron chi connectivity index (χ1n) is 7.17. The van der Waals surface area contributed by atoms with Crippen molar-refractivity contribution >= 4 is 21.2 Å². The monoisotopic (exact) mass is 321 g/mol. The molecular weight excluding hydrogens is 302 g/mol. The van der Waals surface area contributed by atoms with Gasteiger partial charge in [0.05, 0.1) is 5.25 Å². The van der Waals surface area contributed by atoms with Gasteiger partial charge in [-0.05, 0) is 48.9 Å². The summed E-state index contributed by atoms with van der Waals surface area (Å²) in [4.78, 5) is 0. The standard InChI is InChI=1S/C16H19NO2S2/c1-17-16-13-8-3-2-6-12(13)7-4-9-14(16)21(18,19)15-10-5-11-20-15/h2-3,5-6,8,10-11,14,16-17H,4,7,9H2,1H3. The van der Waals surface area contributed by atoms with Gasteiger partial charge in [0.25, 0.3) is 0 Å². The first-order valence-corrected chi connectivity index (χ1v) is 9.59. The van der Waals surface area contributed by atoms with E-state index >= 15 is 0 Å². The van der Waals surface area contributed by atoms with Gasteiger partial charge in [0.2, 0.25) is 0 Å². The molecule has 5 heteroatoms. The predicted octanol–water partition coefficient (Wildman–Crippen LogP) is 3.19. The smallest absolute Gasteiger partial charge is 0.192 e. The molecule has 2 atom stereocenters. The first-order chi connectivity index (χ1) is 10.1. The number of hydrogen-bond acceptors (Lipinski definition) is 4. The largest absolute Gasteiger partial charge is 0.312 e. The maximum Gasteiger partial charge on any atom is 0.192 e. The fraction of sp³-hybridized carbons (Fsp3) is 0.375. The molecule has 21 heavy (non-hydrogen) atoms. The highest BCUT2D eigenvalue weighted by molar-refractivity contribution is 7.94. The lowest BCUT2D eigenvalue weighted by Crippen LogP contribution is -2.35. The van der Waals surface area contributed by atoms with E-state index in [1.165, 1.54) is 16.9 Å². The molecule has 0 fully saturated rings. The Labute approximate surface area is 129 Å². The Kier molecular flexibility index (Phi) is 4.15. The van der Waals surface area contributed by atoms with Crippen LogP contribution in [0.4, 0.5) is 0 Å². The fourth-order valence-electron chi connectivity index (χ4n) is 3.18. The summed E-state index contributed by atoms with van der Waals surface area (Å²) in [5.41, 5.74) is 2.39.